The molecule has 0 unspecified atom stereocenters. The summed E-state index contributed by atoms with van der Waals surface area (Å²) in [6.45, 7) is 0. The maximum Gasteiger partial charge on any atom is 0.145 e. The summed E-state index contributed by atoms with van der Waals surface area (Å²) in [6.07, 6.45) is 7.71. The normalized spacial score (nSPS) is 11.6. The van der Waals surface area contributed by atoms with E-state index in [4.69, 9.17) is 15.0 Å². The Bertz CT molecular complexity index is 6760. The molecule has 0 radical (unpaired) electrons. The topological polar surface area (TPSA) is 84.2 Å². The van der Waals surface area contributed by atoms with Gasteiger partial charge in [0.25, 0.3) is 0 Å². The number of para-hydroxylation sites is 6. The molecule has 112 heavy (non-hydrogen) atoms. The van der Waals surface area contributed by atoms with Gasteiger partial charge in [0.15, 0.2) is 0 Å². The molecule has 9 nitrogen and oxygen atoms in total. The number of pyridine rings is 5. The molecule has 13 aromatic carbocycles. The summed E-state index contributed by atoms with van der Waals surface area (Å²) in [5, 5.41) is 9.51. The predicted octanol–water partition coefficient (Wildman–Crippen LogP) is 26.1. The molecule has 0 spiro atoms. The lowest BCUT2D eigenvalue weighted by Crippen LogP contribution is -1.95. The van der Waals surface area contributed by atoms with Crippen LogP contribution in [0.2, 0.25) is 0 Å². The van der Waals surface area contributed by atoms with Crippen LogP contribution in [0, 0.1) is 0 Å². The fraction of sp³-hybridized carbons (Fsp3) is 0. The molecule has 22 aromatic rings. The van der Waals surface area contributed by atoms with Gasteiger partial charge in [-0.3, -0.25) is 19.1 Å². The first-order chi connectivity index (χ1) is 55.5. The van der Waals surface area contributed by atoms with Gasteiger partial charge in [0.1, 0.15) is 11.3 Å². The average Bonchev–Trinajstić information content (AvgIpc) is 1.61. The second-order valence-electron chi connectivity index (χ2n) is 28.4. The second kappa shape index (κ2) is 27.5. The zero-order chi connectivity index (χ0) is 74.0. The highest BCUT2D eigenvalue weighted by molar-refractivity contribution is 6.14. The van der Waals surface area contributed by atoms with Crippen molar-refractivity contribution in [3.8, 4) is 112 Å². The molecule has 9 heterocycles. The molecule has 0 aliphatic carbocycles. The zero-order valence-electron chi connectivity index (χ0n) is 60.7. The molecule has 9 heteroatoms. The summed E-state index contributed by atoms with van der Waals surface area (Å²) in [5.41, 5.74) is 30.4. The van der Waals surface area contributed by atoms with Crippen LogP contribution in [0.1, 0.15) is 0 Å². The van der Waals surface area contributed by atoms with Crippen LogP contribution in [0.5, 0.6) is 0 Å². The van der Waals surface area contributed by atoms with Gasteiger partial charge in [0, 0.05) is 124 Å². The average molecular weight is 1430 g/mol. The minimum Gasteiger partial charge on any atom is -0.309 e. The number of nitrogens with zero attached hydrogens (tertiary/aromatic N) is 9. The summed E-state index contributed by atoms with van der Waals surface area (Å²) < 4.78 is 9.26. The van der Waals surface area contributed by atoms with Crippen LogP contribution >= 0.6 is 0 Å². The fourth-order valence-electron chi connectivity index (χ4n) is 16.5. The minimum atomic E-state index is 0.933. The maximum atomic E-state index is 5.17. The van der Waals surface area contributed by atoms with Crippen LogP contribution in [0.3, 0.4) is 0 Å². The molecule has 0 aliphatic heterocycles. The Balaban J connectivity index is 0.000000141. The van der Waals surface area contributed by atoms with E-state index in [1.165, 1.54) is 48.9 Å². The number of aromatic nitrogens is 9. The van der Waals surface area contributed by atoms with Gasteiger partial charge < -0.3 is 9.13 Å². The number of benzene rings is 13. The van der Waals surface area contributed by atoms with Crippen molar-refractivity contribution >= 4 is 87.5 Å². The first-order valence-electron chi connectivity index (χ1n) is 37.8. The SMILES string of the molecule is c1ccc(-c2cc(-c3ccccc3)nc(-c3ccc(-n4c5ccccc5c5cc(-c6cnc7c(c6)c6ccccc6n7-c6ccccc6)ccc54)cc3)c2)cc1.c1ccc(-n2c3ccccc3c3cc(-c4ccc5c(c4)c4ccccc4n5-c4ccc(-c5cc(-c6ccccn6)cc(-c6ccccn6)c5)cc4)cnc32)cc1. The lowest BCUT2D eigenvalue weighted by Gasteiger charge is -2.12. The first kappa shape index (κ1) is 65.1. The Morgan fingerprint density at radius 1 is 0.161 bits per heavy atom. The van der Waals surface area contributed by atoms with Gasteiger partial charge in [-0.15, -0.1) is 0 Å². The van der Waals surface area contributed by atoms with Gasteiger partial charge in [-0.05, 0) is 197 Å². The number of hydrogen-bond donors (Lipinski definition) is 0. The van der Waals surface area contributed by atoms with E-state index < -0.39 is 0 Å². The standard InChI is InChI=1S/C52H34N4.C51H33N5/c1-4-14-35(15-5-1)39-32-47(36-16-6-2-7-17-36)54-48(33-39)37-24-27-42(28-25-37)55-49-22-12-10-20-43(49)45-30-38(26-29-51(45)55)40-31-46-44-21-11-13-23-50(44)56(52(46)53-34-40)41-18-8-3-9-19-41;1-2-12-40(13-3-1)56-49-19-7-5-15-43(49)45-32-39(33-54-51(45)56)35-22-25-50-44(31-35)42-14-4-6-18-48(42)55(50)41-23-20-34(21-24-41)36-28-37(46-16-8-10-26-52-46)30-38(29-36)47-17-9-11-27-53-47/h1-34H;1-33H. The molecule has 0 N–H and O–H groups in total. The van der Waals surface area contributed by atoms with Crippen molar-refractivity contribution in [2.24, 2.45) is 0 Å². The summed E-state index contributed by atoms with van der Waals surface area (Å²) >= 11 is 0. The molecular weight excluding hydrogens is 1360 g/mol. The Kier molecular flexibility index (Phi) is 16.0. The smallest absolute Gasteiger partial charge is 0.145 e. The van der Waals surface area contributed by atoms with E-state index in [1.807, 2.05) is 55.1 Å². The fourth-order valence-corrected chi connectivity index (χ4v) is 16.5. The summed E-state index contributed by atoms with van der Waals surface area (Å²) in [7, 11) is 0. The van der Waals surface area contributed by atoms with Gasteiger partial charge in [-0.25, -0.2) is 15.0 Å². The largest absolute Gasteiger partial charge is 0.309 e. The van der Waals surface area contributed by atoms with E-state index in [9.17, 15) is 0 Å². The van der Waals surface area contributed by atoms with Crippen molar-refractivity contribution in [3.63, 3.8) is 0 Å². The number of rotatable bonds is 12. The minimum absolute atomic E-state index is 0.933. The third-order valence-electron chi connectivity index (χ3n) is 21.8. The molecule has 0 saturated heterocycles. The Hall–Kier alpha value is -15.2. The molecule has 0 saturated carbocycles. The number of hydrogen-bond acceptors (Lipinski definition) is 5. The van der Waals surface area contributed by atoms with Crippen molar-refractivity contribution in [1.82, 2.24) is 43.2 Å². The molecule has 0 bridgehead atoms. The quantitative estimate of drug-likeness (QED) is 0.122. The van der Waals surface area contributed by atoms with E-state index in [2.05, 4.69) is 380 Å². The lowest BCUT2D eigenvalue weighted by molar-refractivity contribution is 1.14. The highest BCUT2D eigenvalue weighted by Gasteiger charge is 2.21. The van der Waals surface area contributed by atoms with Gasteiger partial charge in [0.05, 0.1) is 55.9 Å². The monoisotopic (exact) mass is 1430 g/mol. The summed E-state index contributed by atoms with van der Waals surface area (Å²) in [4.78, 5) is 24.7. The van der Waals surface area contributed by atoms with Crippen LogP contribution in [0.15, 0.2) is 407 Å². The molecule has 524 valence electrons. The molecule has 0 amide bonds. The zero-order valence-corrected chi connectivity index (χ0v) is 60.7. The van der Waals surface area contributed by atoms with Crippen LogP contribution in [-0.2, 0) is 0 Å². The molecule has 0 aliphatic rings. The highest BCUT2D eigenvalue weighted by atomic mass is 15.1. The van der Waals surface area contributed by atoms with Gasteiger partial charge in [-0.1, -0.05) is 218 Å². The van der Waals surface area contributed by atoms with Crippen LogP contribution in [0.4, 0.5) is 0 Å². The van der Waals surface area contributed by atoms with Gasteiger partial charge in [-0.2, -0.15) is 0 Å². The van der Waals surface area contributed by atoms with Crippen LogP contribution in [-0.4, -0.2) is 43.2 Å². The third-order valence-corrected chi connectivity index (χ3v) is 21.8. The molecule has 0 atom stereocenters. The lowest BCUT2D eigenvalue weighted by atomic mass is 9.96. The maximum absolute atomic E-state index is 5.17. The van der Waals surface area contributed by atoms with Crippen molar-refractivity contribution in [3.05, 3.63) is 407 Å². The van der Waals surface area contributed by atoms with Crippen molar-refractivity contribution in [1.29, 1.82) is 0 Å². The number of fused-ring (bicyclic) bond motifs is 12. The van der Waals surface area contributed by atoms with Crippen LogP contribution < -0.4 is 0 Å². The van der Waals surface area contributed by atoms with Crippen molar-refractivity contribution < 1.29 is 0 Å². The second-order valence-corrected chi connectivity index (χ2v) is 28.4. The molecule has 0 fully saturated rings. The van der Waals surface area contributed by atoms with Crippen molar-refractivity contribution in [2.45, 2.75) is 0 Å². The van der Waals surface area contributed by atoms with E-state index in [1.54, 1.807) is 0 Å². The molecule has 22 rings (SSSR count). The highest BCUT2D eigenvalue weighted by Crippen LogP contribution is 2.42. The first-order valence-corrected chi connectivity index (χ1v) is 37.8. The predicted molar refractivity (Wildman–Crippen MR) is 463 cm³/mol. The van der Waals surface area contributed by atoms with Crippen LogP contribution in [0.25, 0.3) is 200 Å². The van der Waals surface area contributed by atoms with Gasteiger partial charge in [0.2, 0.25) is 0 Å². The van der Waals surface area contributed by atoms with E-state index in [0.717, 1.165) is 151 Å². The summed E-state index contributed by atoms with van der Waals surface area (Å²) in [5.74, 6) is 0. The Labute approximate surface area is 645 Å². The molecular formula is C103H67N9. The Morgan fingerprint density at radius 3 is 0.911 bits per heavy atom. The van der Waals surface area contributed by atoms with E-state index in [-0.39, 0.29) is 0 Å². The summed E-state index contributed by atoms with van der Waals surface area (Å²) in [6, 6.07) is 135. The van der Waals surface area contributed by atoms with Crippen molar-refractivity contribution in [2.75, 3.05) is 0 Å². The Morgan fingerprint density at radius 2 is 0.473 bits per heavy atom. The third kappa shape index (κ3) is 11.5. The van der Waals surface area contributed by atoms with Gasteiger partial charge >= 0.3 is 0 Å². The van der Waals surface area contributed by atoms with E-state index >= 15 is 0 Å². The van der Waals surface area contributed by atoms with E-state index in [0.29, 0.717) is 0 Å². The molecule has 9 aromatic heterocycles.